The molecule has 2 unspecified atom stereocenters. The fourth-order valence-corrected chi connectivity index (χ4v) is 3.34. The van der Waals surface area contributed by atoms with Gasteiger partial charge in [0.25, 0.3) is 5.91 Å². The largest absolute Gasteiger partial charge is 0.493 e. The van der Waals surface area contributed by atoms with Crippen LogP contribution in [0.3, 0.4) is 0 Å². The molecule has 7 heteroatoms. The van der Waals surface area contributed by atoms with Gasteiger partial charge in [0, 0.05) is 35.0 Å². The van der Waals surface area contributed by atoms with Crippen LogP contribution in [0.5, 0.6) is 5.75 Å². The number of halogens is 1. The average Bonchev–Trinajstić information content (AvgIpc) is 3.20. The maximum Gasteiger partial charge on any atom is 0.257 e. The lowest BCUT2D eigenvalue weighted by molar-refractivity contribution is 0.0724. The Labute approximate surface area is 186 Å². The summed E-state index contributed by atoms with van der Waals surface area (Å²) in [4.78, 5) is 16.1. The topological polar surface area (TPSA) is 94.6 Å². The van der Waals surface area contributed by atoms with Crippen LogP contribution in [-0.4, -0.2) is 40.5 Å². The summed E-state index contributed by atoms with van der Waals surface area (Å²) in [5.74, 6) is 4.74. The third kappa shape index (κ3) is 5.47. The number of nitrogens with one attached hydrogen (secondary N) is 2. The van der Waals surface area contributed by atoms with Crippen molar-refractivity contribution < 1.29 is 24.1 Å². The van der Waals surface area contributed by atoms with Gasteiger partial charge < -0.3 is 25.3 Å². The van der Waals surface area contributed by atoms with Gasteiger partial charge in [-0.25, -0.2) is 4.39 Å². The molecule has 0 spiro atoms. The number of carbonyl (C=O) groups is 1. The van der Waals surface area contributed by atoms with Crippen molar-refractivity contribution in [3.8, 4) is 17.6 Å². The number of rotatable bonds is 8. The second-order valence-corrected chi connectivity index (χ2v) is 7.48. The van der Waals surface area contributed by atoms with E-state index in [1.54, 1.807) is 37.4 Å². The van der Waals surface area contributed by atoms with Gasteiger partial charge in [0.1, 0.15) is 17.8 Å². The normalized spacial score (nSPS) is 12.7. The molecule has 3 aromatic rings. The highest BCUT2D eigenvalue weighted by atomic mass is 19.1. The molecule has 4 N–H and O–H groups in total. The number of aliphatic hydroxyl groups excluding tert-OH is 2. The minimum atomic E-state index is -1.21. The van der Waals surface area contributed by atoms with Crippen LogP contribution >= 0.6 is 0 Å². The highest BCUT2D eigenvalue weighted by molar-refractivity contribution is 5.97. The van der Waals surface area contributed by atoms with E-state index in [0.29, 0.717) is 35.3 Å². The lowest BCUT2D eigenvalue weighted by atomic mass is 9.98. The third-order valence-electron chi connectivity index (χ3n) is 5.07. The Balaban J connectivity index is 1.83. The fourth-order valence-electron chi connectivity index (χ4n) is 3.34. The minimum absolute atomic E-state index is 0.0418. The molecule has 168 valence electrons. The zero-order chi connectivity index (χ0) is 23.1. The summed E-state index contributed by atoms with van der Waals surface area (Å²) in [7, 11) is 0. The standard InChI is InChI=1S/C25H27FN2O4/c1-3-12-32-23-10-7-17(6-4-5-11-29)13-20(23)25(31)28-24(30)16(2)21-15-27-22-9-8-18(26)14-19(21)22/h7-10,13-16,24,27,29-30H,3,5,11-12H2,1-2H3,(H,28,31). The first-order valence-corrected chi connectivity index (χ1v) is 10.6. The Hall–Kier alpha value is -3.34. The monoisotopic (exact) mass is 438 g/mol. The molecule has 2 aromatic carbocycles. The van der Waals surface area contributed by atoms with E-state index in [4.69, 9.17) is 9.84 Å². The van der Waals surface area contributed by atoms with Gasteiger partial charge in [-0.3, -0.25) is 4.79 Å². The predicted molar refractivity (Wildman–Crippen MR) is 121 cm³/mol. The Morgan fingerprint density at radius 3 is 2.84 bits per heavy atom. The molecule has 6 nitrogen and oxygen atoms in total. The second kappa shape index (κ2) is 10.8. The quantitative estimate of drug-likeness (QED) is 0.319. The van der Waals surface area contributed by atoms with Gasteiger partial charge in [0.15, 0.2) is 0 Å². The number of hydrogen-bond acceptors (Lipinski definition) is 4. The molecular weight excluding hydrogens is 411 g/mol. The number of aromatic amines is 1. The number of carbonyl (C=O) groups excluding carboxylic acids is 1. The number of hydrogen-bond donors (Lipinski definition) is 4. The molecule has 0 saturated carbocycles. The van der Waals surface area contributed by atoms with Gasteiger partial charge in [0.05, 0.1) is 18.8 Å². The summed E-state index contributed by atoms with van der Waals surface area (Å²) >= 11 is 0. The van der Waals surface area contributed by atoms with E-state index >= 15 is 0 Å². The zero-order valence-corrected chi connectivity index (χ0v) is 18.1. The fraction of sp³-hybridized carbons (Fsp3) is 0.320. The van der Waals surface area contributed by atoms with E-state index in [9.17, 15) is 14.3 Å². The molecule has 0 saturated heterocycles. The van der Waals surface area contributed by atoms with Crippen LogP contribution in [0.15, 0.2) is 42.6 Å². The van der Waals surface area contributed by atoms with Crippen molar-refractivity contribution >= 4 is 16.8 Å². The van der Waals surface area contributed by atoms with Crippen molar-refractivity contribution in [3.63, 3.8) is 0 Å². The van der Waals surface area contributed by atoms with Crippen molar-refractivity contribution in [1.29, 1.82) is 0 Å². The second-order valence-electron chi connectivity index (χ2n) is 7.48. The van der Waals surface area contributed by atoms with Crippen molar-refractivity contribution in [2.75, 3.05) is 13.2 Å². The molecule has 0 fully saturated rings. The van der Waals surface area contributed by atoms with Crippen LogP contribution in [0.2, 0.25) is 0 Å². The summed E-state index contributed by atoms with van der Waals surface area (Å²) in [6, 6.07) is 9.41. The summed E-state index contributed by atoms with van der Waals surface area (Å²) in [6.07, 6.45) is 1.59. The first-order chi connectivity index (χ1) is 15.4. The lowest BCUT2D eigenvalue weighted by Gasteiger charge is -2.21. The maximum absolute atomic E-state index is 13.7. The summed E-state index contributed by atoms with van der Waals surface area (Å²) < 4.78 is 19.4. The van der Waals surface area contributed by atoms with Crippen molar-refractivity contribution in [2.24, 2.45) is 0 Å². The van der Waals surface area contributed by atoms with E-state index in [1.165, 1.54) is 12.1 Å². The van der Waals surface area contributed by atoms with E-state index < -0.39 is 18.1 Å². The molecule has 0 aliphatic rings. The molecule has 1 heterocycles. The maximum atomic E-state index is 13.7. The summed E-state index contributed by atoms with van der Waals surface area (Å²) in [6.45, 7) is 4.11. The molecular formula is C25H27FN2O4. The van der Waals surface area contributed by atoms with Crippen molar-refractivity contribution in [1.82, 2.24) is 10.3 Å². The summed E-state index contributed by atoms with van der Waals surface area (Å²) in [5, 5.41) is 22.9. The lowest BCUT2D eigenvalue weighted by Crippen LogP contribution is -2.38. The molecule has 0 aliphatic heterocycles. The smallest absolute Gasteiger partial charge is 0.257 e. The van der Waals surface area contributed by atoms with Gasteiger partial charge in [0.2, 0.25) is 0 Å². The van der Waals surface area contributed by atoms with Gasteiger partial charge in [-0.2, -0.15) is 0 Å². The molecule has 2 atom stereocenters. The number of fused-ring (bicyclic) bond motifs is 1. The number of H-pyrrole nitrogens is 1. The van der Waals surface area contributed by atoms with Crippen molar-refractivity contribution in [3.05, 3.63) is 65.1 Å². The Morgan fingerprint density at radius 2 is 2.09 bits per heavy atom. The Morgan fingerprint density at radius 1 is 1.28 bits per heavy atom. The molecule has 0 aliphatic carbocycles. The van der Waals surface area contributed by atoms with Crippen LogP contribution in [-0.2, 0) is 0 Å². The van der Waals surface area contributed by atoms with Gasteiger partial charge >= 0.3 is 0 Å². The van der Waals surface area contributed by atoms with E-state index in [1.807, 2.05) is 6.92 Å². The zero-order valence-electron chi connectivity index (χ0n) is 18.1. The highest BCUT2D eigenvalue weighted by Crippen LogP contribution is 2.28. The molecule has 32 heavy (non-hydrogen) atoms. The average molecular weight is 438 g/mol. The highest BCUT2D eigenvalue weighted by Gasteiger charge is 2.23. The third-order valence-corrected chi connectivity index (χ3v) is 5.07. The number of aromatic nitrogens is 1. The van der Waals surface area contributed by atoms with Gasteiger partial charge in [-0.15, -0.1) is 0 Å². The number of amides is 1. The number of aliphatic hydroxyl groups is 2. The van der Waals surface area contributed by atoms with Crippen LogP contribution in [0.25, 0.3) is 10.9 Å². The Kier molecular flexibility index (Phi) is 7.87. The minimum Gasteiger partial charge on any atom is -0.493 e. The number of benzene rings is 2. The predicted octanol–water partition coefficient (Wildman–Crippen LogP) is 3.68. The van der Waals surface area contributed by atoms with Crippen molar-refractivity contribution in [2.45, 2.75) is 38.8 Å². The van der Waals surface area contributed by atoms with E-state index in [2.05, 4.69) is 22.1 Å². The molecule has 3 rings (SSSR count). The summed E-state index contributed by atoms with van der Waals surface area (Å²) in [5.41, 5.74) is 2.29. The Bertz CT molecular complexity index is 1150. The molecule has 0 radical (unpaired) electrons. The molecule has 1 amide bonds. The first kappa shape index (κ1) is 23.3. The van der Waals surface area contributed by atoms with Gasteiger partial charge in [-0.05, 0) is 48.4 Å². The van der Waals surface area contributed by atoms with E-state index in [0.717, 1.165) is 11.9 Å². The van der Waals surface area contributed by atoms with Crippen LogP contribution in [0.4, 0.5) is 4.39 Å². The molecule has 1 aromatic heterocycles. The van der Waals surface area contributed by atoms with Crippen LogP contribution in [0, 0.1) is 17.7 Å². The van der Waals surface area contributed by atoms with Crippen LogP contribution < -0.4 is 10.1 Å². The van der Waals surface area contributed by atoms with E-state index in [-0.39, 0.29) is 18.0 Å². The number of ether oxygens (including phenoxy) is 1. The molecule has 0 bridgehead atoms. The SMILES string of the molecule is CCCOc1ccc(C#CCCO)cc1C(=O)NC(O)C(C)c1c[nH]c2ccc(F)cc12. The first-order valence-electron chi connectivity index (χ1n) is 10.6. The van der Waals surface area contributed by atoms with Gasteiger partial charge in [-0.1, -0.05) is 25.7 Å². The van der Waals surface area contributed by atoms with Crippen LogP contribution in [0.1, 0.15) is 54.1 Å².